The Labute approximate surface area is 169 Å². The van der Waals surface area contributed by atoms with Gasteiger partial charge < -0.3 is 26.2 Å². The number of nitrogens with zero attached hydrogens (tertiary/aromatic N) is 2. The second kappa shape index (κ2) is 9.07. The van der Waals surface area contributed by atoms with Crippen LogP contribution in [0, 0.1) is 6.92 Å². The first kappa shape index (κ1) is 20.2. The lowest BCUT2D eigenvalue weighted by molar-refractivity contribution is -0.116. The fourth-order valence-electron chi connectivity index (χ4n) is 3.32. The van der Waals surface area contributed by atoms with E-state index < -0.39 is 12.1 Å². The molecule has 2 aromatic rings. The van der Waals surface area contributed by atoms with Crippen LogP contribution in [-0.4, -0.2) is 50.1 Å². The molecule has 8 heteroatoms. The molecule has 1 unspecified atom stereocenters. The van der Waals surface area contributed by atoms with E-state index in [9.17, 15) is 9.59 Å². The zero-order valence-electron chi connectivity index (χ0n) is 16.3. The Bertz CT molecular complexity index is 816. The van der Waals surface area contributed by atoms with Gasteiger partial charge in [0, 0.05) is 42.4 Å². The molecule has 4 N–H and O–H groups in total. The number of piperazine rings is 1. The van der Waals surface area contributed by atoms with Crippen molar-refractivity contribution in [3.8, 4) is 0 Å². The number of hydrogen-bond acceptors (Lipinski definition) is 5. The number of benzene rings is 1. The molecule has 0 radical (unpaired) electrons. The molecule has 0 spiro atoms. The zero-order valence-corrected chi connectivity index (χ0v) is 17.1. The van der Waals surface area contributed by atoms with Crippen LogP contribution < -0.4 is 21.3 Å². The van der Waals surface area contributed by atoms with Crippen molar-refractivity contribution in [1.82, 2.24) is 10.2 Å². The molecule has 1 atom stereocenters. The van der Waals surface area contributed by atoms with E-state index in [0.29, 0.717) is 0 Å². The van der Waals surface area contributed by atoms with Gasteiger partial charge in [0.15, 0.2) is 0 Å². The molecule has 0 saturated carbocycles. The summed E-state index contributed by atoms with van der Waals surface area (Å²) in [6, 6.07) is 8.80. The number of carbonyl (C=O) groups excluding carboxylic acids is 2. The third-order valence-corrected chi connectivity index (χ3v) is 5.93. The van der Waals surface area contributed by atoms with Crippen molar-refractivity contribution in [2.24, 2.45) is 5.73 Å². The largest absolute Gasteiger partial charge is 0.369 e. The van der Waals surface area contributed by atoms with Crippen LogP contribution >= 0.6 is 11.3 Å². The molecule has 1 aromatic carbocycles. The van der Waals surface area contributed by atoms with Gasteiger partial charge in [0.05, 0.1) is 12.5 Å². The lowest BCUT2D eigenvalue weighted by Crippen LogP contribution is -2.44. The number of anilines is 2. The van der Waals surface area contributed by atoms with Gasteiger partial charge >= 0.3 is 6.03 Å². The minimum absolute atomic E-state index is 0.128. The molecule has 0 bridgehead atoms. The smallest absolute Gasteiger partial charge is 0.312 e. The van der Waals surface area contributed by atoms with Crippen molar-refractivity contribution in [3.05, 3.63) is 46.2 Å². The first-order valence-corrected chi connectivity index (χ1v) is 10.2. The molecule has 1 saturated heterocycles. The maximum atomic E-state index is 12.6. The van der Waals surface area contributed by atoms with Crippen molar-refractivity contribution in [2.75, 3.05) is 43.4 Å². The van der Waals surface area contributed by atoms with Gasteiger partial charge in [-0.3, -0.25) is 4.79 Å². The topological polar surface area (TPSA) is 90.7 Å². The number of urea groups is 1. The van der Waals surface area contributed by atoms with E-state index in [1.807, 2.05) is 36.6 Å². The number of amides is 3. The van der Waals surface area contributed by atoms with Gasteiger partial charge in [0.1, 0.15) is 0 Å². The van der Waals surface area contributed by atoms with E-state index in [1.165, 1.54) is 17.0 Å². The number of primary amides is 1. The summed E-state index contributed by atoms with van der Waals surface area (Å²) in [6.07, 6.45) is 0.128. The summed E-state index contributed by atoms with van der Waals surface area (Å²) in [6.45, 7) is 6.10. The Hall–Kier alpha value is -2.58. The van der Waals surface area contributed by atoms with E-state index in [1.54, 1.807) is 0 Å². The standard InChI is InChI=1S/C20H27N5O2S/c1-14-12-15(25-9-7-24(2)8-10-25)5-6-16(14)22-19(26)13-17(23-20(21)27)18-4-3-11-28-18/h3-6,11-12,17H,7-10,13H2,1-2H3,(H,22,26)(H3,21,23,27). The molecule has 1 aliphatic heterocycles. The first-order valence-electron chi connectivity index (χ1n) is 9.36. The third-order valence-electron chi connectivity index (χ3n) is 4.95. The molecule has 0 aliphatic carbocycles. The Morgan fingerprint density at radius 3 is 2.57 bits per heavy atom. The Kier molecular flexibility index (Phi) is 6.53. The van der Waals surface area contributed by atoms with Crippen LogP contribution in [0.3, 0.4) is 0 Å². The molecular formula is C20H27N5O2S. The second-order valence-corrected chi connectivity index (χ2v) is 8.10. The maximum Gasteiger partial charge on any atom is 0.312 e. The van der Waals surface area contributed by atoms with Crippen molar-refractivity contribution in [1.29, 1.82) is 0 Å². The number of aryl methyl sites for hydroxylation is 1. The molecule has 1 fully saturated rings. The third kappa shape index (κ3) is 5.24. The molecule has 28 heavy (non-hydrogen) atoms. The number of carbonyl (C=O) groups is 2. The monoisotopic (exact) mass is 401 g/mol. The van der Waals surface area contributed by atoms with Crippen LogP contribution in [0.2, 0.25) is 0 Å². The minimum Gasteiger partial charge on any atom is -0.369 e. The lowest BCUT2D eigenvalue weighted by Gasteiger charge is -2.34. The van der Waals surface area contributed by atoms with Crippen molar-refractivity contribution >= 4 is 34.6 Å². The van der Waals surface area contributed by atoms with Crippen LogP contribution in [0.1, 0.15) is 22.9 Å². The summed E-state index contributed by atoms with van der Waals surface area (Å²) in [5, 5.41) is 7.51. The number of likely N-dealkylation sites (N-methyl/N-ethyl adjacent to an activating group) is 1. The summed E-state index contributed by atoms with van der Waals surface area (Å²) in [4.78, 5) is 29.4. The Morgan fingerprint density at radius 1 is 1.21 bits per heavy atom. The molecule has 150 valence electrons. The van der Waals surface area contributed by atoms with Gasteiger partial charge in [-0.1, -0.05) is 6.07 Å². The average molecular weight is 402 g/mol. The summed E-state index contributed by atoms with van der Waals surface area (Å²) in [7, 11) is 2.14. The normalized spacial score (nSPS) is 15.9. The van der Waals surface area contributed by atoms with E-state index in [4.69, 9.17) is 5.73 Å². The summed E-state index contributed by atoms with van der Waals surface area (Å²) in [5.74, 6) is -0.164. The van der Waals surface area contributed by atoms with Gasteiger partial charge in [-0.15, -0.1) is 11.3 Å². The molecule has 7 nitrogen and oxygen atoms in total. The van der Waals surface area contributed by atoms with Crippen LogP contribution in [0.4, 0.5) is 16.2 Å². The number of nitrogens with two attached hydrogens (primary N) is 1. The number of rotatable bonds is 6. The highest BCUT2D eigenvalue weighted by Gasteiger charge is 2.19. The Morgan fingerprint density at radius 2 is 1.96 bits per heavy atom. The lowest BCUT2D eigenvalue weighted by atomic mass is 10.1. The van der Waals surface area contributed by atoms with Gasteiger partial charge in [-0.25, -0.2) is 4.79 Å². The van der Waals surface area contributed by atoms with Gasteiger partial charge in [-0.05, 0) is 49.2 Å². The SMILES string of the molecule is Cc1cc(N2CCN(C)CC2)ccc1NC(=O)CC(NC(N)=O)c1cccs1. The number of nitrogens with one attached hydrogen (secondary N) is 2. The minimum atomic E-state index is -0.640. The first-order chi connectivity index (χ1) is 13.4. The van der Waals surface area contributed by atoms with Crippen molar-refractivity contribution in [3.63, 3.8) is 0 Å². The number of thiophene rings is 1. The van der Waals surface area contributed by atoms with E-state index in [0.717, 1.165) is 42.3 Å². The summed E-state index contributed by atoms with van der Waals surface area (Å²) < 4.78 is 0. The highest BCUT2D eigenvalue weighted by atomic mass is 32.1. The fourth-order valence-corrected chi connectivity index (χ4v) is 4.10. The van der Waals surface area contributed by atoms with Gasteiger partial charge in [0.25, 0.3) is 0 Å². The predicted molar refractivity (Wildman–Crippen MR) is 114 cm³/mol. The molecular weight excluding hydrogens is 374 g/mol. The highest BCUT2D eigenvalue weighted by molar-refractivity contribution is 7.10. The highest BCUT2D eigenvalue weighted by Crippen LogP contribution is 2.26. The molecule has 3 rings (SSSR count). The average Bonchev–Trinajstić information content (AvgIpc) is 3.18. The van der Waals surface area contributed by atoms with E-state index in [2.05, 4.69) is 33.5 Å². The molecule has 1 aromatic heterocycles. The predicted octanol–water partition coefficient (Wildman–Crippen LogP) is 2.55. The van der Waals surface area contributed by atoms with E-state index in [-0.39, 0.29) is 12.3 Å². The molecule has 2 heterocycles. The van der Waals surface area contributed by atoms with Gasteiger partial charge in [0.2, 0.25) is 5.91 Å². The molecule has 1 aliphatic rings. The van der Waals surface area contributed by atoms with Crippen molar-refractivity contribution < 1.29 is 9.59 Å². The maximum absolute atomic E-state index is 12.6. The molecule has 3 amide bonds. The summed E-state index contributed by atoms with van der Waals surface area (Å²) in [5.41, 5.74) is 8.24. The van der Waals surface area contributed by atoms with Crippen molar-refractivity contribution in [2.45, 2.75) is 19.4 Å². The van der Waals surface area contributed by atoms with Crippen LogP contribution in [0.5, 0.6) is 0 Å². The number of hydrogen-bond donors (Lipinski definition) is 3. The second-order valence-electron chi connectivity index (χ2n) is 7.12. The van der Waals surface area contributed by atoms with E-state index >= 15 is 0 Å². The van der Waals surface area contributed by atoms with Crippen LogP contribution in [0.15, 0.2) is 35.7 Å². The quantitative estimate of drug-likeness (QED) is 0.694. The van der Waals surface area contributed by atoms with Crippen LogP contribution in [-0.2, 0) is 4.79 Å². The fraction of sp³-hybridized carbons (Fsp3) is 0.400. The van der Waals surface area contributed by atoms with Gasteiger partial charge in [-0.2, -0.15) is 0 Å². The summed E-state index contributed by atoms with van der Waals surface area (Å²) >= 11 is 1.48. The zero-order chi connectivity index (χ0) is 20.1. The Balaban J connectivity index is 1.64. The van der Waals surface area contributed by atoms with Crippen LogP contribution in [0.25, 0.3) is 0 Å².